The van der Waals surface area contributed by atoms with Gasteiger partial charge in [0.25, 0.3) is 5.91 Å². The molecule has 0 saturated heterocycles. The van der Waals surface area contributed by atoms with Crippen LogP contribution in [0.3, 0.4) is 0 Å². The monoisotopic (exact) mass is 529 g/mol. The standard InChI is InChI=1S/C19H17Cl3F3N3O3S/c1-30-13-5-7-14(8-6-13)31-10-15(29)27-16(18(20,21)22)28-17(32)26-12-4-2-3-11(9-12)19(23,24)25/h2-9,16H,10H2,1H3,(H,27,29)(H2,26,28,32)/t16-/m1/s1. The summed E-state index contributed by atoms with van der Waals surface area (Å²) in [6.45, 7) is -0.404. The van der Waals surface area contributed by atoms with Crippen LogP contribution in [0.5, 0.6) is 11.5 Å². The maximum Gasteiger partial charge on any atom is 0.416 e. The van der Waals surface area contributed by atoms with E-state index in [2.05, 4.69) is 16.0 Å². The molecule has 0 unspecified atom stereocenters. The number of anilines is 1. The van der Waals surface area contributed by atoms with Crippen molar-refractivity contribution in [1.29, 1.82) is 0 Å². The summed E-state index contributed by atoms with van der Waals surface area (Å²) in [4.78, 5) is 12.2. The van der Waals surface area contributed by atoms with Gasteiger partial charge in [0.05, 0.1) is 12.7 Å². The predicted molar refractivity (Wildman–Crippen MR) is 122 cm³/mol. The Balaban J connectivity index is 1.96. The van der Waals surface area contributed by atoms with Gasteiger partial charge in [0.1, 0.15) is 17.7 Å². The summed E-state index contributed by atoms with van der Waals surface area (Å²) in [5.41, 5.74) is -0.818. The average molecular weight is 531 g/mol. The molecule has 1 amide bonds. The molecule has 0 fully saturated rings. The fourth-order valence-corrected chi connectivity index (χ4v) is 2.86. The van der Waals surface area contributed by atoms with Crippen molar-refractivity contribution in [1.82, 2.24) is 10.6 Å². The molecule has 0 aromatic heterocycles. The summed E-state index contributed by atoms with van der Waals surface area (Å²) in [6.07, 6.45) is -5.84. The Bertz CT molecular complexity index is 941. The molecule has 1 atom stereocenters. The molecule has 32 heavy (non-hydrogen) atoms. The van der Waals surface area contributed by atoms with E-state index in [0.29, 0.717) is 11.5 Å². The molecule has 0 aliphatic carbocycles. The van der Waals surface area contributed by atoms with Crippen LogP contribution >= 0.6 is 47.0 Å². The summed E-state index contributed by atoms with van der Waals surface area (Å²) in [5.74, 6) is 0.372. The van der Waals surface area contributed by atoms with Crippen LogP contribution in [0.4, 0.5) is 18.9 Å². The number of alkyl halides is 6. The van der Waals surface area contributed by atoms with Crippen LogP contribution in [-0.4, -0.2) is 34.7 Å². The number of hydrogen-bond acceptors (Lipinski definition) is 4. The van der Waals surface area contributed by atoms with Gasteiger partial charge < -0.3 is 25.4 Å². The molecule has 0 bridgehead atoms. The van der Waals surface area contributed by atoms with Crippen molar-refractivity contribution in [3.63, 3.8) is 0 Å². The summed E-state index contributed by atoms with van der Waals surface area (Å²) in [7, 11) is 1.51. The number of benzene rings is 2. The van der Waals surface area contributed by atoms with E-state index >= 15 is 0 Å². The van der Waals surface area contributed by atoms with Crippen LogP contribution in [0.2, 0.25) is 0 Å². The van der Waals surface area contributed by atoms with Crippen molar-refractivity contribution in [3.8, 4) is 11.5 Å². The summed E-state index contributed by atoms with van der Waals surface area (Å²) < 4.78 is 46.9. The first-order valence-electron chi connectivity index (χ1n) is 8.76. The number of methoxy groups -OCH3 is 1. The first-order valence-corrected chi connectivity index (χ1v) is 10.3. The van der Waals surface area contributed by atoms with E-state index in [9.17, 15) is 18.0 Å². The van der Waals surface area contributed by atoms with Gasteiger partial charge in [-0.2, -0.15) is 13.2 Å². The molecule has 0 radical (unpaired) electrons. The summed E-state index contributed by atoms with van der Waals surface area (Å²) in [6, 6.07) is 10.9. The largest absolute Gasteiger partial charge is 0.497 e. The van der Waals surface area contributed by atoms with E-state index in [0.717, 1.165) is 12.1 Å². The van der Waals surface area contributed by atoms with E-state index in [1.54, 1.807) is 24.3 Å². The Morgan fingerprint density at radius 1 is 1.06 bits per heavy atom. The molecule has 13 heteroatoms. The van der Waals surface area contributed by atoms with Crippen molar-refractivity contribution < 1.29 is 27.4 Å². The van der Waals surface area contributed by atoms with Gasteiger partial charge in [-0.1, -0.05) is 40.9 Å². The van der Waals surface area contributed by atoms with Crippen LogP contribution in [0.25, 0.3) is 0 Å². The Morgan fingerprint density at radius 2 is 1.69 bits per heavy atom. The molecule has 0 saturated carbocycles. The second-order valence-corrected chi connectivity index (χ2v) is 8.96. The third-order valence-corrected chi connectivity index (χ3v) is 4.66. The fraction of sp³-hybridized carbons (Fsp3) is 0.263. The Kier molecular flexibility index (Phi) is 9.08. The molecule has 2 rings (SSSR count). The number of thiocarbonyl (C=S) groups is 1. The zero-order valence-corrected chi connectivity index (χ0v) is 19.4. The Hall–Kier alpha value is -2.14. The number of hydrogen-bond donors (Lipinski definition) is 3. The molecule has 174 valence electrons. The lowest BCUT2D eigenvalue weighted by Crippen LogP contribution is -2.56. The molecule has 2 aromatic carbocycles. The van der Waals surface area contributed by atoms with Gasteiger partial charge in [0, 0.05) is 5.69 Å². The van der Waals surface area contributed by atoms with Crippen molar-refractivity contribution in [3.05, 3.63) is 54.1 Å². The maximum absolute atomic E-state index is 12.9. The molecule has 3 N–H and O–H groups in total. The van der Waals surface area contributed by atoms with Crippen molar-refractivity contribution in [2.24, 2.45) is 0 Å². The minimum atomic E-state index is -4.52. The zero-order valence-electron chi connectivity index (χ0n) is 16.3. The minimum Gasteiger partial charge on any atom is -0.497 e. The molecule has 2 aromatic rings. The van der Waals surface area contributed by atoms with Gasteiger partial charge in [-0.3, -0.25) is 4.79 Å². The second kappa shape index (κ2) is 11.1. The highest BCUT2D eigenvalue weighted by atomic mass is 35.6. The first-order chi connectivity index (χ1) is 14.9. The van der Waals surface area contributed by atoms with E-state index in [1.165, 1.54) is 19.2 Å². The van der Waals surface area contributed by atoms with E-state index < -0.39 is 34.2 Å². The summed E-state index contributed by atoms with van der Waals surface area (Å²) >= 11 is 22.7. The lowest BCUT2D eigenvalue weighted by molar-refractivity contribution is -0.137. The quantitative estimate of drug-likeness (QED) is 0.269. The van der Waals surface area contributed by atoms with E-state index in [-0.39, 0.29) is 10.8 Å². The predicted octanol–water partition coefficient (Wildman–Crippen LogP) is 4.89. The maximum atomic E-state index is 12.9. The average Bonchev–Trinajstić information content (AvgIpc) is 2.71. The highest BCUT2D eigenvalue weighted by Crippen LogP contribution is 2.31. The number of amides is 1. The zero-order chi connectivity index (χ0) is 23.9. The molecule has 0 heterocycles. The van der Waals surface area contributed by atoms with Crippen LogP contribution in [0.15, 0.2) is 48.5 Å². The Labute approximate surface area is 202 Å². The SMILES string of the molecule is COc1ccc(OCC(=O)N[C@H](NC(=S)Nc2cccc(C(F)(F)F)c2)C(Cl)(Cl)Cl)cc1. The highest BCUT2D eigenvalue weighted by Gasteiger charge is 2.35. The van der Waals surface area contributed by atoms with Crippen LogP contribution in [-0.2, 0) is 11.0 Å². The molecular formula is C19H17Cl3F3N3O3S. The molecular weight excluding hydrogens is 514 g/mol. The number of rotatable bonds is 7. The van der Waals surface area contributed by atoms with E-state index in [1.807, 2.05) is 0 Å². The lowest BCUT2D eigenvalue weighted by atomic mass is 10.2. The normalized spacial score (nSPS) is 12.5. The van der Waals surface area contributed by atoms with E-state index in [4.69, 9.17) is 56.5 Å². The third kappa shape index (κ3) is 8.42. The van der Waals surface area contributed by atoms with Gasteiger partial charge in [-0.05, 0) is 54.7 Å². The van der Waals surface area contributed by atoms with Gasteiger partial charge in [0.2, 0.25) is 3.79 Å². The summed E-state index contributed by atoms with van der Waals surface area (Å²) in [5, 5.41) is 7.31. The van der Waals surface area contributed by atoms with Gasteiger partial charge in [-0.25, -0.2) is 0 Å². The molecule has 6 nitrogen and oxygen atoms in total. The van der Waals surface area contributed by atoms with Crippen LogP contribution in [0.1, 0.15) is 5.56 Å². The van der Waals surface area contributed by atoms with Crippen LogP contribution < -0.4 is 25.4 Å². The lowest BCUT2D eigenvalue weighted by Gasteiger charge is -2.27. The Morgan fingerprint density at radius 3 is 2.25 bits per heavy atom. The number of carbonyl (C=O) groups is 1. The van der Waals surface area contributed by atoms with Crippen LogP contribution in [0, 0.1) is 0 Å². The van der Waals surface area contributed by atoms with Gasteiger partial charge in [-0.15, -0.1) is 0 Å². The molecule has 0 aliphatic rings. The van der Waals surface area contributed by atoms with Crippen molar-refractivity contribution in [2.45, 2.75) is 16.1 Å². The van der Waals surface area contributed by atoms with Gasteiger partial charge >= 0.3 is 6.18 Å². The second-order valence-electron chi connectivity index (χ2n) is 6.18. The third-order valence-electron chi connectivity index (χ3n) is 3.79. The number of carbonyl (C=O) groups excluding carboxylic acids is 1. The van der Waals surface area contributed by atoms with Crippen molar-refractivity contribution >= 4 is 63.7 Å². The van der Waals surface area contributed by atoms with Crippen molar-refractivity contribution in [2.75, 3.05) is 19.0 Å². The minimum absolute atomic E-state index is 0.0505. The molecule has 0 spiro atoms. The highest BCUT2D eigenvalue weighted by molar-refractivity contribution is 7.80. The first kappa shape index (κ1) is 26.1. The smallest absolute Gasteiger partial charge is 0.416 e. The fourth-order valence-electron chi connectivity index (χ4n) is 2.29. The number of halogens is 6. The molecule has 0 aliphatic heterocycles. The topological polar surface area (TPSA) is 71.6 Å². The number of ether oxygens (including phenoxy) is 2. The number of nitrogens with one attached hydrogen (secondary N) is 3. The van der Waals surface area contributed by atoms with Gasteiger partial charge in [0.15, 0.2) is 11.7 Å².